The van der Waals surface area contributed by atoms with E-state index >= 15 is 0 Å². The number of benzene rings is 3. The Morgan fingerprint density at radius 3 is 2.18 bits per heavy atom. The van der Waals surface area contributed by atoms with Crippen LogP contribution in [0.5, 0.6) is 11.5 Å². The first kappa shape index (κ1) is 25.7. The average molecular weight is 532 g/mol. The van der Waals surface area contributed by atoms with Gasteiger partial charge in [-0.25, -0.2) is 4.98 Å². The van der Waals surface area contributed by atoms with E-state index in [1.807, 2.05) is 42.5 Å². The number of hydrogen-bond acceptors (Lipinski definition) is 6. The van der Waals surface area contributed by atoms with E-state index in [0.29, 0.717) is 35.0 Å². The number of aryl methyl sites for hydroxylation is 2. The second-order valence-electron chi connectivity index (χ2n) is 9.87. The molecular formula is C29H30N3O5P. The van der Waals surface area contributed by atoms with Crippen molar-refractivity contribution in [1.29, 1.82) is 0 Å². The first-order valence-corrected chi connectivity index (χ1v) is 15.3. The lowest BCUT2D eigenvalue weighted by Gasteiger charge is -2.16. The molecule has 4 aromatic rings. The van der Waals surface area contributed by atoms with Crippen molar-refractivity contribution in [2.24, 2.45) is 0 Å². The molecule has 38 heavy (non-hydrogen) atoms. The van der Waals surface area contributed by atoms with Crippen LogP contribution in [-0.4, -0.2) is 53.1 Å². The van der Waals surface area contributed by atoms with E-state index in [1.165, 1.54) is 4.90 Å². The molecule has 0 radical (unpaired) electrons. The molecule has 1 aliphatic heterocycles. The van der Waals surface area contributed by atoms with Crippen molar-refractivity contribution in [3.05, 3.63) is 89.2 Å². The minimum Gasteiger partial charge on any atom is -0.497 e. The fourth-order valence-electron chi connectivity index (χ4n) is 4.60. The first-order valence-electron chi connectivity index (χ1n) is 12.5. The number of carbonyl (C=O) groups is 2. The molecule has 2 amide bonds. The summed E-state index contributed by atoms with van der Waals surface area (Å²) in [6.45, 7) is 4.15. The van der Waals surface area contributed by atoms with Crippen LogP contribution in [0.25, 0.3) is 11.0 Å². The summed E-state index contributed by atoms with van der Waals surface area (Å²) in [4.78, 5) is 32.0. The molecule has 5 rings (SSSR count). The van der Waals surface area contributed by atoms with Crippen molar-refractivity contribution < 1.29 is 23.6 Å². The van der Waals surface area contributed by atoms with Gasteiger partial charge in [0.05, 0.1) is 35.8 Å². The SMILES string of the molecule is COc1ccc2nc(CN3C(=O)c4ccccc4C3=O)n(CCCc3ccc(OCP(C)(C)=O)cc3)c2c1. The van der Waals surface area contributed by atoms with Crippen LogP contribution in [0, 0.1) is 0 Å². The molecule has 9 heteroatoms. The van der Waals surface area contributed by atoms with Crippen molar-refractivity contribution in [3.8, 4) is 11.5 Å². The number of aromatic nitrogens is 2. The summed E-state index contributed by atoms with van der Waals surface area (Å²) in [5.74, 6) is 1.46. The van der Waals surface area contributed by atoms with E-state index < -0.39 is 7.14 Å². The highest BCUT2D eigenvalue weighted by atomic mass is 31.2. The maximum Gasteiger partial charge on any atom is 0.261 e. The zero-order valence-corrected chi connectivity index (χ0v) is 22.6. The van der Waals surface area contributed by atoms with E-state index in [1.54, 1.807) is 44.7 Å². The largest absolute Gasteiger partial charge is 0.497 e. The van der Waals surface area contributed by atoms with Crippen molar-refractivity contribution in [2.75, 3.05) is 26.8 Å². The highest BCUT2D eigenvalue weighted by molar-refractivity contribution is 7.62. The predicted octanol–water partition coefficient (Wildman–Crippen LogP) is 5.43. The Kier molecular flexibility index (Phi) is 7.09. The lowest BCUT2D eigenvalue weighted by molar-refractivity contribution is 0.0636. The standard InChI is InChI=1S/C29H30N3O5P/c1-36-22-14-15-25-26(17-22)31(16-6-7-20-10-12-21(13-11-20)37-19-38(2,3)35)27(30-25)18-32-28(33)23-8-4-5-9-24(23)29(32)34/h4-5,8-15,17H,6-7,16,18-19H2,1-3H3. The topological polar surface area (TPSA) is 90.7 Å². The number of hydrogen-bond donors (Lipinski definition) is 0. The Hall–Kier alpha value is -3.90. The second-order valence-corrected chi connectivity index (χ2v) is 13.3. The van der Waals surface area contributed by atoms with Crippen molar-refractivity contribution >= 4 is 30.0 Å². The van der Waals surface area contributed by atoms with Gasteiger partial charge in [-0.05, 0) is 68.1 Å². The second kappa shape index (κ2) is 10.5. The monoisotopic (exact) mass is 531 g/mol. The zero-order valence-electron chi connectivity index (χ0n) is 21.7. The van der Waals surface area contributed by atoms with Gasteiger partial charge in [-0.1, -0.05) is 24.3 Å². The third kappa shape index (κ3) is 5.36. The van der Waals surface area contributed by atoms with Gasteiger partial charge in [0.1, 0.15) is 30.8 Å². The summed E-state index contributed by atoms with van der Waals surface area (Å²) in [7, 11) is -0.621. The molecule has 0 bridgehead atoms. The molecule has 1 aromatic heterocycles. The van der Waals surface area contributed by atoms with E-state index in [4.69, 9.17) is 14.5 Å². The summed E-state index contributed by atoms with van der Waals surface area (Å²) in [6, 6.07) is 20.4. The summed E-state index contributed by atoms with van der Waals surface area (Å²) >= 11 is 0. The zero-order chi connectivity index (χ0) is 26.9. The van der Waals surface area contributed by atoms with E-state index in [-0.39, 0.29) is 24.7 Å². The number of ether oxygens (including phenoxy) is 2. The molecule has 0 N–H and O–H groups in total. The average Bonchev–Trinajstić information content (AvgIpc) is 3.37. The summed E-state index contributed by atoms with van der Waals surface area (Å²) < 4.78 is 25.0. The Morgan fingerprint density at radius 1 is 0.895 bits per heavy atom. The third-order valence-corrected chi connectivity index (χ3v) is 7.28. The van der Waals surface area contributed by atoms with Gasteiger partial charge < -0.3 is 18.6 Å². The van der Waals surface area contributed by atoms with Crippen LogP contribution in [0.2, 0.25) is 0 Å². The highest BCUT2D eigenvalue weighted by Gasteiger charge is 2.36. The smallest absolute Gasteiger partial charge is 0.261 e. The quantitative estimate of drug-likeness (QED) is 0.200. The van der Waals surface area contributed by atoms with Crippen molar-refractivity contribution in [2.45, 2.75) is 25.9 Å². The summed E-state index contributed by atoms with van der Waals surface area (Å²) in [5.41, 5.74) is 3.67. The summed E-state index contributed by atoms with van der Waals surface area (Å²) in [6.07, 6.45) is 1.85. The summed E-state index contributed by atoms with van der Waals surface area (Å²) in [5, 5.41) is 0. The van der Waals surface area contributed by atoms with Gasteiger partial charge in [0.2, 0.25) is 0 Å². The van der Waals surface area contributed by atoms with E-state index in [0.717, 1.165) is 29.4 Å². The van der Waals surface area contributed by atoms with Crippen molar-refractivity contribution in [1.82, 2.24) is 14.5 Å². The maximum atomic E-state index is 13.0. The van der Waals surface area contributed by atoms with E-state index in [2.05, 4.69) is 4.57 Å². The lowest BCUT2D eigenvalue weighted by atomic mass is 10.1. The van der Waals surface area contributed by atoms with Crippen LogP contribution in [-0.2, 0) is 24.1 Å². The Bertz CT molecular complexity index is 1520. The number of methoxy groups -OCH3 is 1. The molecule has 0 fully saturated rings. The lowest BCUT2D eigenvalue weighted by Crippen LogP contribution is -2.30. The number of carbonyl (C=O) groups excluding carboxylic acids is 2. The van der Waals surface area contributed by atoms with Crippen LogP contribution in [0.15, 0.2) is 66.7 Å². The Balaban J connectivity index is 1.34. The minimum atomic E-state index is -2.24. The predicted molar refractivity (Wildman–Crippen MR) is 147 cm³/mol. The number of imide groups is 1. The van der Waals surface area contributed by atoms with Gasteiger partial charge >= 0.3 is 0 Å². The molecule has 0 aliphatic carbocycles. The molecule has 0 saturated carbocycles. The number of nitrogens with zero attached hydrogens (tertiary/aromatic N) is 3. The fourth-order valence-corrected chi connectivity index (χ4v) is 5.06. The Labute approximate surface area is 221 Å². The molecule has 2 heterocycles. The van der Waals surface area contributed by atoms with E-state index in [9.17, 15) is 14.2 Å². The normalized spacial score (nSPS) is 13.3. The first-order chi connectivity index (χ1) is 18.2. The van der Waals surface area contributed by atoms with Gasteiger partial charge in [-0.15, -0.1) is 0 Å². The molecule has 196 valence electrons. The molecule has 8 nitrogen and oxygen atoms in total. The van der Waals surface area contributed by atoms with Gasteiger partial charge in [0.15, 0.2) is 0 Å². The Morgan fingerprint density at radius 2 is 1.55 bits per heavy atom. The number of imidazole rings is 1. The molecule has 0 unspecified atom stereocenters. The molecule has 1 aliphatic rings. The maximum absolute atomic E-state index is 13.0. The van der Waals surface area contributed by atoms with Crippen LogP contribution >= 0.6 is 7.14 Å². The fraction of sp³-hybridized carbons (Fsp3) is 0.276. The number of amides is 2. The molecule has 0 saturated heterocycles. The van der Waals surface area contributed by atoms with Crippen molar-refractivity contribution in [3.63, 3.8) is 0 Å². The molecule has 3 aromatic carbocycles. The molecule has 0 atom stereocenters. The van der Waals surface area contributed by atoms with Gasteiger partial charge in [-0.2, -0.15) is 0 Å². The van der Waals surface area contributed by atoms with Gasteiger partial charge in [0.25, 0.3) is 11.8 Å². The molecule has 0 spiro atoms. The van der Waals surface area contributed by atoms with Gasteiger partial charge in [-0.3, -0.25) is 14.5 Å². The number of fused-ring (bicyclic) bond motifs is 2. The van der Waals surface area contributed by atoms with Crippen LogP contribution in [0.1, 0.15) is 38.5 Å². The third-order valence-electron chi connectivity index (χ3n) is 6.52. The number of rotatable bonds is 10. The highest BCUT2D eigenvalue weighted by Crippen LogP contribution is 2.36. The van der Waals surface area contributed by atoms with Crippen LogP contribution in [0.4, 0.5) is 0 Å². The van der Waals surface area contributed by atoms with Crippen LogP contribution in [0.3, 0.4) is 0 Å². The molecular weight excluding hydrogens is 501 g/mol. The minimum absolute atomic E-state index is 0.0914. The van der Waals surface area contributed by atoms with Gasteiger partial charge in [0, 0.05) is 12.6 Å². The van der Waals surface area contributed by atoms with Crippen LogP contribution < -0.4 is 9.47 Å².